The minimum absolute atomic E-state index is 0.941. The molecular formula is C6H8N+. The van der Waals surface area contributed by atoms with Gasteiger partial charge in [-0.2, -0.15) is 0 Å². The fourth-order valence-corrected chi connectivity index (χ4v) is 0.507. The second kappa shape index (κ2) is 1.73. The summed E-state index contributed by atoms with van der Waals surface area (Å²) in [7, 11) is 0. The molecule has 0 spiro atoms. The molecule has 0 fully saturated rings. The predicted molar refractivity (Wildman–Crippen MR) is 30.5 cm³/mol. The molecule has 0 aromatic heterocycles. The van der Waals surface area contributed by atoms with Crippen LogP contribution in [0.4, 0.5) is 0 Å². The van der Waals surface area contributed by atoms with Crippen LogP contribution in [-0.4, -0.2) is 17.8 Å². The van der Waals surface area contributed by atoms with Gasteiger partial charge in [-0.25, -0.2) is 4.58 Å². The van der Waals surface area contributed by atoms with Crippen LogP contribution >= 0.6 is 0 Å². The standard InChI is InChI=1S/C6H8N/c1-7-5-3-2-4-6-7/h2-5H,1,6H2/q+1. The molecule has 0 bridgehead atoms. The number of hydrogen-bond acceptors (Lipinski definition) is 0. The van der Waals surface area contributed by atoms with E-state index in [0.29, 0.717) is 0 Å². The summed E-state index contributed by atoms with van der Waals surface area (Å²) >= 11 is 0. The van der Waals surface area contributed by atoms with E-state index in [1.54, 1.807) is 0 Å². The summed E-state index contributed by atoms with van der Waals surface area (Å²) in [5.41, 5.74) is 0. The Balaban J connectivity index is 2.66. The van der Waals surface area contributed by atoms with E-state index in [2.05, 4.69) is 12.8 Å². The zero-order chi connectivity index (χ0) is 5.11. The third kappa shape index (κ3) is 1.000. The fraction of sp³-hybridized carbons (Fsp3) is 0.167. The molecule has 1 heterocycles. The molecule has 36 valence electrons. The average Bonchev–Trinajstić information content (AvgIpc) is 1.69. The average molecular weight is 94.1 g/mol. The molecule has 0 N–H and O–H groups in total. The van der Waals surface area contributed by atoms with Crippen molar-refractivity contribution in [3.05, 3.63) is 24.4 Å². The molecule has 0 radical (unpaired) electrons. The van der Waals surface area contributed by atoms with E-state index < -0.39 is 0 Å². The topological polar surface area (TPSA) is 3.01 Å². The largest absolute Gasteiger partial charge is 0.208 e. The van der Waals surface area contributed by atoms with Crippen molar-refractivity contribution in [3.8, 4) is 0 Å². The van der Waals surface area contributed by atoms with E-state index in [4.69, 9.17) is 0 Å². The van der Waals surface area contributed by atoms with Gasteiger partial charge in [-0.05, 0) is 6.08 Å². The molecule has 0 aromatic carbocycles. The van der Waals surface area contributed by atoms with Crippen LogP contribution in [0.15, 0.2) is 24.4 Å². The third-order valence-corrected chi connectivity index (χ3v) is 0.884. The third-order valence-electron chi connectivity index (χ3n) is 0.884. The van der Waals surface area contributed by atoms with Crippen molar-refractivity contribution in [2.24, 2.45) is 0 Å². The van der Waals surface area contributed by atoms with Gasteiger partial charge in [0, 0.05) is 6.08 Å². The zero-order valence-electron chi connectivity index (χ0n) is 4.17. The molecule has 1 nitrogen and oxygen atoms in total. The van der Waals surface area contributed by atoms with Crippen LogP contribution in [0.5, 0.6) is 0 Å². The predicted octanol–water partition coefficient (Wildman–Crippen LogP) is 0.783. The first kappa shape index (κ1) is 4.31. The molecule has 1 heteroatoms. The van der Waals surface area contributed by atoms with E-state index >= 15 is 0 Å². The molecule has 0 unspecified atom stereocenters. The monoisotopic (exact) mass is 94.1 g/mol. The van der Waals surface area contributed by atoms with Crippen molar-refractivity contribution >= 4 is 6.72 Å². The summed E-state index contributed by atoms with van der Waals surface area (Å²) in [5.74, 6) is 0. The van der Waals surface area contributed by atoms with Gasteiger partial charge in [0.05, 0.1) is 0 Å². The summed E-state index contributed by atoms with van der Waals surface area (Å²) < 4.78 is 1.88. The van der Waals surface area contributed by atoms with Gasteiger partial charge in [0.25, 0.3) is 0 Å². The Morgan fingerprint density at radius 2 is 2.29 bits per heavy atom. The SMILES string of the molecule is C=[N+]1C=CC=CC1. The summed E-state index contributed by atoms with van der Waals surface area (Å²) in [6, 6.07) is 0. The smallest absolute Gasteiger partial charge is 0.168 e. The van der Waals surface area contributed by atoms with E-state index in [9.17, 15) is 0 Å². The van der Waals surface area contributed by atoms with Crippen LogP contribution in [0.3, 0.4) is 0 Å². The van der Waals surface area contributed by atoms with Gasteiger partial charge in [-0.1, -0.05) is 6.08 Å². The Bertz CT molecular complexity index is 131. The Labute approximate surface area is 43.3 Å². The molecule has 0 amide bonds. The van der Waals surface area contributed by atoms with Crippen molar-refractivity contribution in [1.29, 1.82) is 0 Å². The second-order valence-corrected chi connectivity index (χ2v) is 1.54. The van der Waals surface area contributed by atoms with Crippen molar-refractivity contribution in [3.63, 3.8) is 0 Å². The highest BCUT2D eigenvalue weighted by Crippen LogP contribution is 1.86. The quantitative estimate of drug-likeness (QED) is 0.390. The van der Waals surface area contributed by atoms with Gasteiger partial charge in [-0.15, -0.1) is 0 Å². The minimum atomic E-state index is 0.941. The van der Waals surface area contributed by atoms with Crippen LogP contribution in [0.1, 0.15) is 0 Å². The summed E-state index contributed by atoms with van der Waals surface area (Å²) in [6.07, 6.45) is 7.99. The molecule has 7 heavy (non-hydrogen) atoms. The highest BCUT2D eigenvalue weighted by atomic mass is 14.9. The minimum Gasteiger partial charge on any atom is -0.208 e. The Hall–Kier alpha value is -0.850. The first-order valence-electron chi connectivity index (χ1n) is 2.30. The number of hydrogen-bond donors (Lipinski definition) is 0. The first-order chi connectivity index (χ1) is 3.39. The van der Waals surface area contributed by atoms with Gasteiger partial charge in [0.2, 0.25) is 0 Å². The maximum atomic E-state index is 3.69. The number of nitrogens with zero attached hydrogens (tertiary/aromatic N) is 1. The maximum Gasteiger partial charge on any atom is 0.168 e. The molecule has 1 aliphatic rings. The van der Waals surface area contributed by atoms with Crippen LogP contribution in [0, 0.1) is 0 Å². The molecule has 0 saturated carbocycles. The Morgan fingerprint density at radius 3 is 2.57 bits per heavy atom. The molecule has 0 aliphatic carbocycles. The number of rotatable bonds is 0. The fourth-order valence-electron chi connectivity index (χ4n) is 0.507. The highest BCUT2D eigenvalue weighted by molar-refractivity contribution is 5.17. The van der Waals surface area contributed by atoms with E-state index in [1.165, 1.54) is 0 Å². The lowest BCUT2D eigenvalue weighted by molar-refractivity contribution is -0.436. The highest BCUT2D eigenvalue weighted by Gasteiger charge is 1.90. The lowest BCUT2D eigenvalue weighted by Crippen LogP contribution is -2.01. The lowest BCUT2D eigenvalue weighted by Gasteiger charge is -1.90. The maximum absolute atomic E-state index is 3.69. The van der Waals surface area contributed by atoms with E-state index in [0.717, 1.165) is 6.54 Å². The van der Waals surface area contributed by atoms with Crippen LogP contribution in [0.25, 0.3) is 0 Å². The first-order valence-corrected chi connectivity index (χ1v) is 2.30. The Kier molecular flexibility index (Phi) is 1.07. The Morgan fingerprint density at radius 1 is 1.43 bits per heavy atom. The van der Waals surface area contributed by atoms with Crippen molar-refractivity contribution < 1.29 is 4.58 Å². The van der Waals surface area contributed by atoms with Crippen molar-refractivity contribution in [2.45, 2.75) is 0 Å². The summed E-state index contributed by atoms with van der Waals surface area (Å²) in [5, 5.41) is 0. The normalized spacial score (nSPS) is 18.0. The molecular weight excluding hydrogens is 86.1 g/mol. The molecule has 1 aliphatic heterocycles. The van der Waals surface area contributed by atoms with Crippen molar-refractivity contribution in [2.75, 3.05) is 6.54 Å². The van der Waals surface area contributed by atoms with Crippen LogP contribution < -0.4 is 0 Å². The van der Waals surface area contributed by atoms with Gasteiger partial charge in [0.1, 0.15) is 6.72 Å². The van der Waals surface area contributed by atoms with Gasteiger partial charge < -0.3 is 0 Å². The second-order valence-electron chi connectivity index (χ2n) is 1.54. The summed E-state index contributed by atoms with van der Waals surface area (Å²) in [6.45, 7) is 4.63. The van der Waals surface area contributed by atoms with E-state index in [1.807, 2.05) is 22.9 Å². The molecule has 0 saturated heterocycles. The van der Waals surface area contributed by atoms with Gasteiger partial charge in [0.15, 0.2) is 12.7 Å². The lowest BCUT2D eigenvalue weighted by atomic mass is 10.4. The molecule has 0 aromatic rings. The van der Waals surface area contributed by atoms with Crippen molar-refractivity contribution in [1.82, 2.24) is 0 Å². The summed E-state index contributed by atoms with van der Waals surface area (Å²) in [4.78, 5) is 0. The zero-order valence-corrected chi connectivity index (χ0v) is 4.17. The van der Waals surface area contributed by atoms with Crippen LogP contribution in [-0.2, 0) is 0 Å². The van der Waals surface area contributed by atoms with E-state index in [-0.39, 0.29) is 0 Å². The molecule has 0 atom stereocenters. The van der Waals surface area contributed by atoms with Gasteiger partial charge in [-0.3, -0.25) is 0 Å². The molecule has 1 rings (SSSR count). The van der Waals surface area contributed by atoms with Gasteiger partial charge >= 0.3 is 0 Å². The van der Waals surface area contributed by atoms with Crippen LogP contribution in [0.2, 0.25) is 0 Å². The number of allylic oxidation sites excluding steroid dienone is 2.